The van der Waals surface area contributed by atoms with Gasteiger partial charge in [-0.05, 0) is 44.2 Å². The third-order valence-corrected chi connectivity index (χ3v) is 3.10. The van der Waals surface area contributed by atoms with E-state index in [9.17, 15) is 0 Å². The smallest absolute Gasteiger partial charge is 0.118 e. The van der Waals surface area contributed by atoms with Crippen LogP contribution in [0.25, 0.3) is 0 Å². The van der Waals surface area contributed by atoms with Crippen molar-refractivity contribution >= 4 is 0 Å². The van der Waals surface area contributed by atoms with E-state index in [1.165, 1.54) is 11.1 Å². The predicted molar refractivity (Wildman–Crippen MR) is 71.9 cm³/mol. The fourth-order valence-electron chi connectivity index (χ4n) is 2.03. The van der Waals surface area contributed by atoms with E-state index in [0.717, 1.165) is 17.9 Å². The molecule has 0 aliphatic rings. The molecule has 2 aromatic rings. The maximum absolute atomic E-state index is 5.36. The van der Waals surface area contributed by atoms with Gasteiger partial charge in [0.15, 0.2) is 0 Å². The molecule has 0 aliphatic carbocycles. The molecule has 1 heterocycles. The fourth-order valence-corrected chi connectivity index (χ4v) is 2.03. The number of benzene rings is 1. The highest BCUT2D eigenvalue weighted by atomic mass is 16.5. The summed E-state index contributed by atoms with van der Waals surface area (Å²) in [5.41, 5.74) is 2.46. The van der Waals surface area contributed by atoms with E-state index < -0.39 is 0 Å². The molecule has 2 rings (SSSR count). The zero-order valence-corrected chi connectivity index (χ0v) is 11.1. The average Bonchev–Trinajstić information content (AvgIpc) is 2.83. The van der Waals surface area contributed by atoms with Crippen LogP contribution in [0.1, 0.15) is 22.9 Å². The Morgan fingerprint density at radius 1 is 1.28 bits per heavy atom. The van der Waals surface area contributed by atoms with Crippen molar-refractivity contribution in [3.63, 3.8) is 0 Å². The summed E-state index contributed by atoms with van der Waals surface area (Å²) in [5.74, 6) is 1.83. The number of hydrogen-bond donors (Lipinski definition) is 1. The third-order valence-electron chi connectivity index (χ3n) is 3.10. The third kappa shape index (κ3) is 2.93. The van der Waals surface area contributed by atoms with E-state index in [1.807, 2.05) is 32.4 Å². The predicted octanol–water partition coefficient (Wildman–Crippen LogP) is 3.10. The first-order valence-corrected chi connectivity index (χ1v) is 6.08. The first-order valence-electron chi connectivity index (χ1n) is 6.08. The molecule has 1 aromatic heterocycles. The van der Waals surface area contributed by atoms with E-state index in [1.54, 1.807) is 7.11 Å². The normalized spacial score (nSPS) is 12.4. The van der Waals surface area contributed by atoms with Crippen molar-refractivity contribution in [3.05, 3.63) is 53.5 Å². The minimum atomic E-state index is 0.274. The largest absolute Gasteiger partial charge is 0.497 e. The van der Waals surface area contributed by atoms with E-state index >= 15 is 0 Å². The molecule has 0 bridgehead atoms. The van der Waals surface area contributed by atoms with Crippen LogP contribution in [-0.4, -0.2) is 14.2 Å². The van der Waals surface area contributed by atoms with Gasteiger partial charge in [-0.1, -0.05) is 12.1 Å². The van der Waals surface area contributed by atoms with Gasteiger partial charge in [0.2, 0.25) is 0 Å². The lowest BCUT2D eigenvalue weighted by atomic mass is 10.0. The number of rotatable bonds is 5. The highest BCUT2D eigenvalue weighted by molar-refractivity contribution is 5.29. The standard InChI is InChI=1S/C15H19NO2/c1-11-8-13(10-18-11)15(16-2)9-12-4-6-14(17-3)7-5-12/h4-8,10,15-16H,9H2,1-3H3. The monoisotopic (exact) mass is 245 g/mol. The van der Waals surface area contributed by atoms with Crippen LogP contribution in [0.3, 0.4) is 0 Å². The number of furan rings is 1. The van der Waals surface area contributed by atoms with Crippen LogP contribution in [0, 0.1) is 6.92 Å². The molecule has 1 unspecified atom stereocenters. The molecule has 96 valence electrons. The average molecular weight is 245 g/mol. The van der Waals surface area contributed by atoms with E-state index in [2.05, 4.69) is 23.5 Å². The molecule has 0 saturated heterocycles. The minimum absolute atomic E-state index is 0.274. The van der Waals surface area contributed by atoms with Gasteiger partial charge in [0.1, 0.15) is 11.5 Å². The number of ether oxygens (including phenoxy) is 1. The summed E-state index contributed by atoms with van der Waals surface area (Å²) in [6, 6.07) is 10.5. The lowest BCUT2D eigenvalue weighted by molar-refractivity contribution is 0.414. The summed E-state index contributed by atoms with van der Waals surface area (Å²) in [7, 11) is 3.65. The quantitative estimate of drug-likeness (QED) is 0.879. The second kappa shape index (κ2) is 5.74. The number of nitrogens with one attached hydrogen (secondary N) is 1. The molecule has 0 fully saturated rings. The van der Waals surface area contributed by atoms with Gasteiger partial charge in [0.25, 0.3) is 0 Å². The Hall–Kier alpha value is -1.74. The van der Waals surface area contributed by atoms with Crippen molar-refractivity contribution in [2.75, 3.05) is 14.2 Å². The van der Waals surface area contributed by atoms with Gasteiger partial charge in [-0.25, -0.2) is 0 Å². The highest BCUT2D eigenvalue weighted by Gasteiger charge is 2.12. The van der Waals surface area contributed by atoms with Crippen LogP contribution < -0.4 is 10.1 Å². The summed E-state index contributed by atoms with van der Waals surface area (Å²) >= 11 is 0. The highest BCUT2D eigenvalue weighted by Crippen LogP contribution is 2.21. The molecule has 1 N–H and O–H groups in total. The van der Waals surface area contributed by atoms with Crippen LogP contribution in [0.15, 0.2) is 41.0 Å². The molecule has 0 spiro atoms. The molecule has 3 nitrogen and oxygen atoms in total. The molecule has 1 atom stereocenters. The number of aryl methyl sites for hydroxylation is 1. The van der Waals surface area contributed by atoms with Crippen molar-refractivity contribution in [2.45, 2.75) is 19.4 Å². The summed E-state index contributed by atoms with van der Waals surface area (Å²) in [5, 5.41) is 3.32. The summed E-state index contributed by atoms with van der Waals surface area (Å²) in [6.07, 6.45) is 2.75. The Bertz CT molecular complexity index is 487. The van der Waals surface area contributed by atoms with Crippen molar-refractivity contribution < 1.29 is 9.15 Å². The van der Waals surface area contributed by atoms with E-state index in [0.29, 0.717) is 0 Å². The second-order valence-corrected chi connectivity index (χ2v) is 4.38. The molecule has 0 saturated carbocycles. The van der Waals surface area contributed by atoms with Gasteiger partial charge in [0.05, 0.1) is 13.4 Å². The van der Waals surface area contributed by atoms with Gasteiger partial charge in [-0.3, -0.25) is 0 Å². The first-order chi connectivity index (χ1) is 8.72. The number of hydrogen-bond acceptors (Lipinski definition) is 3. The van der Waals surface area contributed by atoms with Crippen molar-refractivity contribution in [3.8, 4) is 5.75 Å². The van der Waals surface area contributed by atoms with Crippen molar-refractivity contribution in [1.82, 2.24) is 5.32 Å². The fraction of sp³-hybridized carbons (Fsp3) is 0.333. The lowest BCUT2D eigenvalue weighted by Crippen LogP contribution is -2.18. The van der Waals surface area contributed by atoms with Gasteiger partial charge < -0.3 is 14.5 Å². The summed E-state index contributed by atoms with van der Waals surface area (Å²) in [4.78, 5) is 0. The molecule has 0 aliphatic heterocycles. The topological polar surface area (TPSA) is 34.4 Å². The molecular formula is C15H19NO2. The van der Waals surface area contributed by atoms with Crippen molar-refractivity contribution in [1.29, 1.82) is 0 Å². The molecule has 3 heteroatoms. The summed E-state index contributed by atoms with van der Waals surface area (Å²) in [6.45, 7) is 1.96. The van der Waals surface area contributed by atoms with Crippen LogP contribution in [-0.2, 0) is 6.42 Å². The van der Waals surface area contributed by atoms with E-state index in [4.69, 9.17) is 9.15 Å². The molecule has 0 amide bonds. The number of methoxy groups -OCH3 is 1. The maximum Gasteiger partial charge on any atom is 0.118 e. The first kappa shape index (κ1) is 12.7. The SMILES string of the molecule is CNC(Cc1ccc(OC)cc1)c1coc(C)c1. The molecule has 1 aromatic carbocycles. The molecule has 18 heavy (non-hydrogen) atoms. The van der Waals surface area contributed by atoms with Crippen LogP contribution in [0.5, 0.6) is 5.75 Å². The Balaban J connectivity index is 2.10. The van der Waals surface area contributed by atoms with Gasteiger partial charge in [-0.2, -0.15) is 0 Å². The van der Waals surface area contributed by atoms with Crippen molar-refractivity contribution in [2.24, 2.45) is 0 Å². The Labute approximate surface area is 108 Å². The Morgan fingerprint density at radius 3 is 2.50 bits per heavy atom. The zero-order valence-electron chi connectivity index (χ0n) is 11.1. The van der Waals surface area contributed by atoms with Gasteiger partial charge in [-0.15, -0.1) is 0 Å². The van der Waals surface area contributed by atoms with Gasteiger partial charge in [0, 0.05) is 11.6 Å². The Morgan fingerprint density at radius 2 is 2.00 bits per heavy atom. The Kier molecular flexibility index (Phi) is 4.05. The number of likely N-dealkylation sites (N-methyl/N-ethyl adjacent to an activating group) is 1. The second-order valence-electron chi connectivity index (χ2n) is 4.38. The molecule has 0 radical (unpaired) electrons. The van der Waals surface area contributed by atoms with Gasteiger partial charge >= 0.3 is 0 Å². The lowest BCUT2D eigenvalue weighted by Gasteiger charge is -2.14. The van der Waals surface area contributed by atoms with Crippen LogP contribution in [0.2, 0.25) is 0 Å². The minimum Gasteiger partial charge on any atom is -0.497 e. The molecular weight excluding hydrogens is 226 g/mol. The maximum atomic E-state index is 5.36. The van der Waals surface area contributed by atoms with E-state index in [-0.39, 0.29) is 6.04 Å². The van der Waals surface area contributed by atoms with Crippen LogP contribution in [0.4, 0.5) is 0 Å². The van der Waals surface area contributed by atoms with Crippen LogP contribution >= 0.6 is 0 Å². The zero-order chi connectivity index (χ0) is 13.0. The summed E-state index contributed by atoms with van der Waals surface area (Å²) < 4.78 is 10.5.